The minimum Gasteiger partial charge on any atom is -0.0616 e. The van der Waals surface area contributed by atoms with Crippen molar-refractivity contribution in [1.29, 1.82) is 0 Å². The van der Waals surface area contributed by atoms with Gasteiger partial charge in [-0.05, 0) is 121 Å². The van der Waals surface area contributed by atoms with Gasteiger partial charge in [-0.2, -0.15) is 0 Å². The molecule has 0 saturated carbocycles. The van der Waals surface area contributed by atoms with Crippen LogP contribution in [0.4, 0.5) is 0 Å². The quantitative estimate of drug-likeness (QED) is 0.162. The van der Waals surface area contributed by atoms with E-state index in [9.17, 15) is 0 Å². The zero-order valence-corrected chi connectivity index (χ0v) is 29.6. The fraction of sp³-hybridized carbons (Fsp3) is 0. The highest BCUT2D eigenvalue weighted by molar-refractivity contribution is 6.24. The van der Waals surface area contributed by atoms with Crippen LogP contribution in [0.25, 0.3) is 109 Å². The smallest absolute Gasteiger partial charge is 0.00201 e. The van der Waals surface area contributed by atoms with Crippen molar-refractivity contribution in [1.82, 2.24) is 0 Å². The molecule has 11 rings (SSSR count). The van der Waals surface area contributed by atoms with Gasteiger partial charge in [0.1, 0.15) is 0 Å². The van der Waals surface area contributed by atoms with Gasteiger partial charge in [0, 0.05) is 0 Å². The third-order valence-corrected chi connectivity index (χ3v) is 11.4. The molecule has 0 spiro atoms. The first-order valence-electron chi connectivity index (χ1n) is 18.8. The number of benzene rings is 11. The van der Waals surface area contributed by atoms with E-state index in [4.69, 9.17) is 0 Å². The zero-order valence-electron chi connectivity index (χ0n) is 29.6. The van der Waals surface area contributed by atoms with Crippen LogP contribution in [0.3, 0.4) is 0 Å². The lowest BCUT2D eigenvalue weighted by Gasteiger charge is -2.19. The van der Waals surface area contributed by atoms with Gasteiger partial charge in [-0.15, -0.1) is 0 Å². The second-order valence-corrected chi connectivity index (χ2v) is 14.4. The Morgan fingerprint density at radius 3 is 1.22 bits per heavy atom. The Hall–Kier alpha value is -7.02. The fourth-order valence-corrected chi connectivity index (χ4v) is 8.99. The van der Waals surface area contributed by atoms with Gasteiger partial charge in [0.2, 0.25) is 0 Å². The van der Waals surface area contributed by atoms with Gasteiger partial charge >= 0.3 is 0 Å². The normalized spacial score (nSPS) is 11.7. The SMILES string of the molecule is c1ccc2c(-c3ccc(-c4ccc5ccc(-c6c7ccccc7c(-c7cccc8ccccc78)c7ccccc67)cc5c4)c4ccccc34)cccc2c1. The molecule has 0 fully saturated rings. The molecule has 0 aliphatic carbocycles. The average molecular weight is 683 g/mol. The van der Waals surface area contributed by atoms with E-state index >= 15 is 0 Å². The van der Waals surface area contributed by atoms with Gasteiger partial charge in [0.25, 0.3) is 0 Å². The van der Waals surface area contributed by atoms with E-state index in [1.165, 1.54) is 109 Å². The van der Waals surface area contributed by atoms with Crippen molar-refractivity contribution in [2.75, 3.05) is 0 Å². The molecule has 250 valence electrons. The predicted octanol–water partition coefficient (Wildman–Crippen LogP) is 15.3. The van der Waals surface area contributed by atoms with Crippen LogP contribution in [0.2, 0.25) is 0 Å². The first-order valence-corrected chi connectivity index (χ1v) is 18.8. The van der Waals surface area contributed by atoms with Crippen molar-refractivity contribution < 1.29 is 0 Å². The monoisotopic (exact) mass is 682 g/mol. The number of hydrogen-bond donors (Lipinski definition) is 0. The summed E-state index contributed by atoms with van der Waals surface area (Å²) >= 11 is 0. The van der Waals surface area contributed by atoms with Crippen LogP contribution in [0.5, 0.6) is 0 Å². The average Bonchev–Trinajstić information content (AvgIpc) is 3.24. The summed E-state index contributed by atoms with van der Waals surface area (Å²) in [6, 6.07) is 76.1. The highest BCUT2D eigenvalue weighted by Crippen LogP contribution is 2.46. The second kappa shape index (κ2) is 12.3. The van der Waals surface area contributed by atoms with E-state index in [2.05, 4.69) is 206 Å². The first-order chi connectivity index (χ1) is 26.8. The molecule has 0 aliphatic rings. The molecule has 0 aliphatic heterocycles. The van der Waals surface area contributed by atoms with Crippen LogP contribution in [0, 0.1) is 0 Å². The van der Waals surface area contributed by atoms with Gasteiger partial charge in [-0.3, -0.25) is 0 Å². The Labute approximate surface area is 314 Å². The van der Waals surface area contributed by atoms with E-state index in [0.717, 1.165) is 0 Å². The highest BCUT2D eigenvalue weighted by Gasteiger charge is 2.18. The molecule has 0 heteroatoms. The summed E-state index contributed by atoms with van der Waals surface area (Å²) in [6.07, 6.45) is 0. The lowest BCUT2D eigenvalue weighted by atomic mass is 9.84. The Balaban J connectivity index is 1.10. The van der Waals surface area contributed by atoms with Crippen molar-refractivity contribution in [2.45, 2.75) is 0 Å². The summed E-state index contributed by atoms with van der Waals surface area (Å²) in [5.41, 5.74) is 10.1. The molecular weight excluding hydrogens is 649 g/mol. The fourth-order valence-electron chi connectivity index (χ4n) is 8.99. The Bertz CT molecular complexity index is 3210. The van der Waals surface area contributed by atoms with Crippen LogP contribution >= 0.6 is 0 Å². The van der Waals surface area contributed by atoms with E-state index in [1.54, 1.807) is 0 Å². The van der Waals surface area contributed by atoms with E-state index in [-0.39, 0.29) is 0 Å². The third kappa shape index (κ3) is 4.78. The molecular formula is C54H34. The maximum Gasteiger partial charge on any atom is -0.00201 e. The third-order valence-electron chi connectivity index (χ3n) is 11.4. The summed E-state index contributed by atoms with van der Waals surface area (Å²) < 4.78 is 0. The van der Waals surface area contributed by atoms with Crippen molar-refractivity contribution in [3.63, 3.8) is 0 Å². The molecule has 0 N–H and O–H groups in total. The lowest BCUT2D eigenvalue weighted by molar-refractivity contribution is 1.65. The summed E-state index contributed by atoms with van der Waals surface area (Å²) in [4.78, 5) is 0. The number of rotatable bonds is 4. The van der Waals surface area contributed by atoms with Gasteiger partial charge in [0.15, 0.2) is 0 Å². The second-order valence-electron chi connectivity index (χ2n) is 14.4. The molecule has 0 unspecified atom stereocenters. The standard InChI is InChI=1S/C54H34/c1-3-17-41-36(13-1)15-11-25-45(41)47-32-31-43(44-19-5-6-20-46(44)47)38-29-27-35-28-30-39(34-40(35)33-38)53-49-21-7-9-23-51(49)54(52-24-10-8-22-50(52)53)48-26-12-16-37-14-2-4-18-42(37)48/h1-34H. The molecule has 0 atom stereocenters. The van der Waals surface area contributed by atoms with E-state index in [1.807, 2.05) is 0 Å². The number of hydrogen-bond acceptors (Lipinski definition) is 0. The van der Waals surface area contributed by atoms with Crippen molar-refractivity contribution in [2.24, 2.45) is 0 Å². The summed E-state index contributed by atoms with van der Waals surface area (Å²) in [5, 5.41) is 15.2. The summed E-state index contributed by atoms with van der Waals surface area (Å²) in [7, 11) is 0. The van der Waals surface area contributed by atoms with Gasteiger partial charge in [-0.25, -0.2) is 0 Å². The Morgan fingerprint density at radius 2 is 0.593 bits per heavy atom. The molecule has 0 amide bonds. The minimum atomic E-state index is 1.22. The van der Waals surface area contributed by atoms with Crippen LogP contribution in [0.15, 0.2) is 206 Å². The van der Waals surface area contributed by atoms with Gasteiger partial charge < -0.3 is 0 Å². The molecule has 0 nitrogen and oxygen atoms in total. The predicted molar refractivity (Wildman–Crippen MR) is 233 cm³/mol. The Morgan fingerprint density at radius 1 is 0.185 bits per heavy atom. The van der Waals surface area contributed by atoms with Crippen molar-refractivity contribution in [3.8, 4) is 44.5 Å². The summed E-state index contributed by atoms with van der Waals surface area (Å²) in [5.74, 6) is 0. The molecule has 0 heterocycles. The number of fused-ring (bicyclic) bond motifs is 6. The van der Waals surface area contributed by atoms with Crippen LogP contribution in [-0.2, 0) is 0 Å². The molecule has 0 aromatic heterocycles. The van der Waals surface area contributed by atoms with Gasteiger partial charge in [0.05, 0.1) is 0 Å². The van der Waals surface area contributed by atoms with Gasteiger partial charge in [-0.1, -0.05) is 194 Å². The van der Waals surface area contributed by atoms with Crippen LogP contribution in [-0.4, -0.2) is 0 Å². The van der Waals surface area contributed by atoms with Crippen molar-refractivity contribution >= 4 is 64.6 Å². The largest absolute Gasteiger partial charge is 0.0616 e. The molecule has 11 aromatic rings. The maximum atomic E-state index is 2.40. The highest BCUT2D eigenvalue weighted by atomic mass is 14.2. The van der Waals surface area contributed by atoms with Crippen LogP contribution in [0.1, 0.15) is 0 Å². The minimum absolute atomic E-state index is 1.22. The first kappa shape index (κ1) is 30.6. The topological polar surface area (TPSA) is 0 Å². The zero-order chi connectivity index (χ0) is 35.6. The maximum absolute atomic E-state index is 2.40. The van der Waals surface area contributed by atoms with E-state index < -0.39 is 0 Å². The lowest BCUT2D eigenvalue weighted by Crippen LogP contribution is -1.92. The molecule has 54 heavy (non-hydrogen) atoms. The Kier molecular flexibility index (Phi) is 6.97. The summed E-state index contributed by atoms with van der Waals surface area (Å²) in [6.45, 7) is 0. The van der Waals surface area contributed by atoms with Crippen LogP contribution < -0.4 is 0 Å². The van der Waals surface area contributed by atoms with Crippen molar-refractivity contribution in [3.05, 3.63) is 206 Å². The molecule has 0 saturated heterocycles. The molecule has 0 radical (unpaired) electrons. The van der Waals surface area contributed by atoms with E-state index in [0.29, 0.717) is 0 Å². The molecule has 11 aromatic carbocycles. The molecule has 0 bridgehead atoms.